The third-order valence-corrected chi connectivity index (χ3v) is 1.51. The van der Waals surface area contributed by atoms with Crippen LogP contribution in [0.4, 0.5) is 0 Å². The highest BCUT2D eigenvalue weighted by molar-refractivity contribution is 4.64. The molecule has 0 amide bonds. The van der Waals surface area contributed by atoms with Gasteiger partial charge in [0.05, 0.1) is 31.5 Å². The van der Waals surface area contributed by atoms with Crippen molar-refractivity contribution in [2.45, 2.75) is 32.4 Å². The molecule has 0 aliphatic carbocycles. The molecule has 0 aromatic rings. The topological polar surface area (TPSA) is 61.7 Å². The van der Waals surface area contributed by atoms with E-state index in [0.29, 0.717) is 13.2 Å². The zero-order valence-electron chi connectivity index (χ0n) is 8.71. The van der Waals surface area contributed by atoms with Crippen LogP contribution in [-0.4, -0.2) is 48.2 Å². The second kappa shape index (κ2) is 6.32. The van der Waals surface area contributed by atoms with Gasteiger partial charge in [-0.2, -0.15) is 0 Å². The summed E-state index contributed by atoms with van der Waals surface area (Å²) in [5.41, 5.74) is -0.129. The first-order valence-electron chi connectivity index (χ1n) is 4.58. The zero-order valence-corrected chi connectivity index (χ0v) is 8.71. The van der Waals surface area contributed by atoms with Gasteiger partial charge in [-0.15, -0.1) is 0 Å². The summed E-state index contributed by atoms with van der Waals surface area (Å²) >= 11 is 0. The van der Waals surface area contributed by atoms with E-state index in [1.54, 1.807) is 0 Å². The van der Waals surface area contributed by atoms with E-state index in [0.717, 1.165) is 0 Å². The Morgan fingerprint density at radius 2 is 1.77 bits per heavy atom. The third kappa shape index (κ3) is 8.18. The predicted octanol–water partition coefficient (Wildman–Crippen LogP) is -0.256. The van der Waals surface area contributed by atoms with Crippen LogP contribution in [0.15, 0.2) is 0 Å². The van der Waals surface area contributed by atoms with Crippen LogP contribution in [0, 0.1) is 0 Å². The minimum atomic E-state index is -0.233. The average molecular weight is 191 g/mol. The van der Waals surface area contributed by atoms with Crippen molar-refractivity contribution in [3.63, 3.8) is 0 Å². The molecule has 0 aliphatic rings. The number of hydrogen-bond donors (Lipinski definition) is 3. The molecule has 0 aromatic heterocycles. The summed E-state index contributed by atoms with van der Waals surface area (Å²) in [5.74, 6) is 0. The lowest BCUT2D eigenvalue weighted by Gasteiger charge is -2.20. The van der Waals surface area contributed by atoms with E-state index in [-0.39, 0.29) is 24.9 Å². The van der Waals surface area contributed by atoms with Crippen LogP contribution in [0.3, 0.4) is 0 Å². The summed E-state index contributed by atoms with van der Waals surface area (Å²) in [6, 6.07) is -0.233. The van der Waals surface area contributed by atoms with E-state index in [2.05, 4.69) is 5.32 Å². The van der Waals surface area contributed by atoms with E-state index in [9.17, 15) is 0 Å². The molecule has 4 nitrogen and oxygen atoms in total. The quantitative estimate of drug-likeness (QED) is 0.506. The second-order valence-corrected chi connectivity index (χ2v) is 3.98. The van der Waals surface area contributed by atoms with Crippen LogP contribution in [0.25, 0.3) is 0 Å². The van der Waals surface area contributed by atoms with Gasteiger partial charge in [0.15, 0.2) is 0 Å². The van der Waals surface area contributed by atoms with Gasteiger partial charge in [0.25, 0.3) is 0 Å². The highest BCUT2D eigenvalue weighted by atomic mass is 16.5. The fourth-order valence-corrected chi connectivity index (χ4v) is 0.807. The van der Waals surface area contributed by atoms with Gasteiger partial charge in [-0.05, 0) is 20.8 Å². The Balaban J connectivity index is 3.34. The zero-order chi connectivity index (χ0) is 10.3. The van der Waals surface area contributed by atoms with Crippen LogP contribution in [0.1, 0.15) is 20.8 Å². The Labute approximate surface area is 79.9 Å². The number of aliphatic hydroxyl groups is 2. The molecule has 3 N–H and O–H groups in total. The smallest absolute Gasteiger partial charge is 0.0607 e. The minimum Gasteiger partial charge on any atom is -0.395 e. The van der Waals surface area contributed by atoms with Crippen molar-refractivity contribution < 1.29 is 14.9 Å². The molecule has 4 heteroatoms. The third-order valence-electron chi connectivity index (χ3n) is 1.51. The maximum atomic E-state index is 8.72. The van der Waals surface area contributed by atoms with E-state index in [1.807, 2.05) is 20.8 Å². The lowest BCUT2D eigenvalue weighted by atomic mass is 10.2. The number of nitrogens with one attached hydrogen (secondary N) is 1. The van der Waals surface area contributed by atoms with Crippen LogP contribution in [0.2, 0.25) is 0 Å². The van der Waals surface area contributed by atoms with Gasteiger partial charge in [0.2, 0.25) is 0 Å². The van der Waals surface area contributed by atoms with Crippen molar-refractivity contribution in [1.82, 2.24) is 5.32 Å². The minimum absolute atomic E-state index is 0.0496. The summed E-state index contributed by atoms with van der Waals surface area (Å²) in [6.07, 6.45) is 0. The Hall–Kier alpha value is -0.160. The molecular formula is C9H21NO3. The molecule has 80 valence electrons. The van der Waals surface area contributed by atoms with Gasteiger partial charge in [0, 0.05) is 6.54 Å². The normalized spacial score (nSPS) is 12.5. The molecule has 0 unspecified atom stereocenters. The largest absolute Gasteiger partial charge is 0.395 e. The maximum Gasteiger partial charge on any atom is 0.0607 e. The molecule has 0 saturated heterocycles. The summed E-state index contributed by atoms with van der Waals surface area (Å²) in [6.45, 7) is 7.09. The molecule has 0 spiro atoms. The van der Waals surface area contributed by atoms with Gasteiger partial charge in [-0.3, -0.25) is 0 Å². The number of hydrogen-bond acceptors (Lipinski definition) is 4. The van der Waals surface area contributed by atoms with Gasteiger partial charge in [0.1, 0.15) is 0 Å². The maximum absolute atomic E-state index is 8.72. The van der Waals surface area contributed by atoms with Crippen molar-refractivity contribution in [1.29, 1.82) is 0 Å². The highest BCUT2D eigenvalue weighted by Crippen LogP contribution is 2.04. The molecule has 0 saturated carbocycles. The Morgan fingerprint density at radius 3 is 2.15 bits per heavy atom. The van der Waals surface area contributed by atoms with Gasteiger partial charge in [-0.1, -0.05) is 0 Å². The summed E-state index contributed by atoms with van der Waals surface area (Å²) in [4.78, 5) is 0. The van der Waals surface area contributed by atoms with E-state index in [1.165, 1.54) is 0 Å². The molecule has 0 atom stereocenters. The second-order valence-electron chi connectivity index (χ2n) is 3.98. The Morgan fingerprint density at radius 1 is 1.23 bits per heavy atom. The summed E-state index contributed by atoms with van der Waals surface area (Å²) < 4.78 is 5.44. The number of ether oxygens (including phenoxy) is 1. The van der Waals surface area contributed by atoms with Crippen molar-refractivity contribution in [3.05, 3.63) is 0 Å². The average Bonchev–Trinajstić information content (AvgIpc) is 2.03. The van der Waals surface area contributed by atoms with Crippen LogP contribution < -0.4 is 5.32 Å². The molecule has 0 rings (SSSR count). The molecular weight excluding hydrogens is 170 g/mol. The Bertz CT molecular complexity index is 119. The van der Waals surface area contributed by atoms with Crippen molar-refractivity contribution in [2.24, 2.45) is 0 Å². The molecule has 0 radical (unpaired) electrons. The number of aliphatic hydroxyl groups excluding tert-OH is 2. The van der Waals surface area contributed by atoms with Gasteiger partial charge < -0.3 is 20.3 Å². The molecule has 0 fully saturated rings. The van der Waals surface area contributed by atoms with E-state index >= 15 is 0 Å². The standard InChI is InChI=1S/C9H21NO3/c1-9(2,3)13-5-4-10-8(6-11)7-12/h8,10-12H,4-7H2,1-3H3. The van der Waals surface area contributed by atoms with Crippen molar-refractivity contribution in [2.75, 3.05) is 26.4 Å². The Kier molecular flexibility index (Phi) is 6.24. The first-order chi connectivity index (χ1) is 5.99. The monoisotopic (exact) mass is 191 g/mol. The lowest BCUT2D eigenvalue weighted by molar-refractivity contribution is -0.00288. The molecule has 0 aromatic carbocycles. The van der Waals surface area contributed by atoms with Crippen LogP contribution >= 0.6 is 0 Å². The fraction of sp³-hybridized carbons (Fsp3) is 1.00. The highest BCUT2D eigenvalue weighted by Gasteiger charge is 2.10. The van der Waals surface area contributed by atoms with E-state index < -0.39 is 0 Å². The van der Waals surface area contributed by atoms with Gasteiger partial charge in [-0.25, -0.2) is 0 Å². The SMILES string of the molecule is CC(C)(C)OCCNC(CO)CO. The molecule has 0 bridgehead atoms. The van der Waals surface area contributed by atoms with Crippen molar-refractivity contribution >= 4 is 0 Å². The fourth-order valence-electron chi connectivity index (χ4n) is 0.807. The van der Waals surface area contributed by atoms with Crippen LogP contribution in [-0.2, 0) is 4.74 Å². The lowest BCUT2D eigenvalue weighted by Crippen LogP contribution is -2.38. The molecule has 13 heavy (non-hydrogen) atoms. The first kappa shape index (κ1) is 12.8. The summed E-state index contributed by atoms with van der Waals surface area (Å²) in [7, 11) is 0. The van der Waals surface area contributed by atoms with Gasteiger partial charge >= 0.3 is 0 Å². The summed E-state index contributed by atoms with van der Waals surface area (Å²) in [5, 5.41) is 20.4. The number of rotatable bonds is 6. The molecule has 0 aliphatic heterocycles. The van der Waals surface area contributed by atoms with Crippen molar-refractivity contribution in [3.8, 4) is 0 Å². The first-order valence-corrected chi connectivity index (χ1v) is 4.58. The molecule has 0 heterocycles. The van der Waals surface area contributed by atoms with E-state index in [4.69, 9.17) is 14.9 Å². The predicted molar refractivity (Wildman–Crippen MR) is 51.7 cm³/mol. The van der Waals surface area contributed by atoms with Crippen LogP contribution in [0.5, 0.6) is 0 Å².